The second kappa shape index (κ2) is 4.69. The number of halogens is 1. The molecular weight excluding hydrogens is 246 g/mol. The number of benzene rings is 1. The molecule has 0 fully saturated rings. The fraction of sp³-hybridized carbons (Fsp3) is 0.182. The molecule has 0 spiro atoms. The van der Waals surface area contributed by atoms with E-state index in [1.807, 2.05) is 6.92 Å². The lowest BCUT2D eigenvalue weighted by Gasteiger charge is -2.03. The summed E-state index contributed by atoms with van der Waals surface area (Å²) in [5, 5.41) is 8.60. The summed E-state index contributed by atoms with van der Waals surface area (Å²) in [5.41, 5.74) is 0.943. The maximum absolute atomic E-state index is 11.9. The minimum absolute atomic E-state index is 0.0118. The molecule has 0 aliphatic rings. The van der Waals surface area contributed by atoms with Crippen molar-refractivity contribution in [2.45, 2.75) is 18.7 Å². The predicted molar refractivity (Wildman–Crippen MR) is 62.5 cm³/mol. The molecule has 16 heavy (non-hydrogen) atoms. The first-order chi connectivity index (χ1) is 7.39. The van der Waals surface area contributed by atoms with Gasteiger partial charge in [0.1, 0.15) is 0 Å². The molecule has 0 heterocycles. The molecule has 0 aromatic heterocycles. The lowest BCUT2D eigenvalue weighted by Crippen LogP contribution is -2.02. The van der Waals surface area contributed by atoms with E-state index in [0.717, 1.165) is 5.56 Å². The van der Waals surface area contributed by atoms with Gasteiger partial charge >= 0.3 is 0 Å². The van der Waals surface area contributed by atoms with Crippen LogP contribution in [0, 0.1) is 18.3 Å². The summed E-state index contributed by atoms with van der Waals surface area (Å²) in [6, 6.07) is 8.02. The van der Waals surface area contributed by atoms with Gasteiger partial charge in [-0.05, 0) is 26.0 Å². The minimum atomic E-state index is -3.74. The third-order valence-electron chi connectivity index (χ3n) is 2.03. The van der Waals surface area contributed by atoms with E-state index in [1.54, 1.807) is 18.2 Å². The Kier molecular flexibility index (Phi) is 3.74. The Bertz CT molecular complexity index is 565. The number of nitriles is 1. The van der Waals surface area contributed by atoms with Gasteiger partial charge in [-0.2, -0.15) is 5.26 Å². The van der Waals surface area contributed by atoms with Gasteiger partial charge in [0.25, 0.3) is 0 Å². The third-order valence-corrected chi connectivity index (χ3v) is 4.59. The molecule has 3 nitrogen and oxygen atoms in total. The van der Waals surface area contributed by atoms with Crippen molar-refractivity contribution in [1.82, 2.24) is 0 Å². The van der Waals surface area contributed by atoms with Gasteiger partial charge in [0, 0.05) is 0 Å². The number of nitrogens with zero attached hydrogens (tertiary/aromatic N) is 1. The van der Waals surface area contributed by atoms with Crippen LogP contribution in [0.4, 0.5) is 0 Å². The monoisotopic (exact) mass is 255 g/mol. The Morgan fingerprint density at radius 2 is 1.81 bits per heavy atom. The summed E-state index contributed by atoms with van der Waals surface area (Å²) in [7, 11) is -3.74. The van der Waals surface area contributed by atoms with E-state index in [4.69, 9.17) is 16.9 Å². The van der Waals surface area contributed by atoms with Crippen molar-refractivity contribution in [3.63, 3.8) is 0 Å². The molecule has 0 atom stereocenters. The van der Waals surface area contributed by atoms with Gasteiger partial charge in [0.15, 0.2) is 4.36 Å². The quantitative estimate of drug-likeness (QED) is 0.764. The molecule has 0 bridgehead atoms. The molecular formula is C11H10ClNO2S. The number of allylic oxidation sites excluding steroid dienone is 1. The first-order valence-corrected chi connectivity index (χ1v) is 6.34. The fourth-order valence-corrected chi connectivity index (χ4v) is 2.53. The van der Waals surface area contributed by atoms with E-state index < -0.39 is 14.2 Å². The number of sulfone groups is 1. The lowest BCUT2D eigenvalue weighted by molar-refractivity contribution is 0.603. The van der Waals surface area contributed by atoms with Crippen molar-refractivity contribution in [2.24, 2.45) is 0 Å². The summed E-state index contributed by atoms with van der Waals surface area (Å²) in [4.78, 5) is 0.0951. The van der Waals surface area contributed by atoms with Crippen molar-refractivity contribution in [1.29, 1.82) is 5.26 Å². The van der Waals surface area contributed by atoms with Crippen LogP contribution in [-0.4, -0.2) is 8.42 Å². The smallest absolute Gasteiger partial charge is 0.218 e. The van der Waals surface area contributed by atoms with Gasteiger partial charge in [-0.15, -0.1) is 0 Å². The molecule has 84 valence electrons. The van der Waals surface area contributed by atoms with Crippen molar-refractivity contribution in [3.05, 3.63) is 39.8 Å². The van der Waals surface area contributed by atoms with E-state index in [1.165, 1.54) is 19.1 Å². The van der Waals surface area contributed by atoms with Crippen LogP contribution in [0.2, 0.25) is 0 Å². The molecule has 0 N–H and O–H groups in total. The van der Waals surface area contributed by atoms with E-state index in [-0.39, 0.29) is 10.5 Å². The van der Waals surface area contributed by atoms with Gasteiger partial charge in [0.2, 0.25) is 9.84 Å². The second-order valence-corrected chi connectivity index (χ2v) is 5.82. The highest BCUT2D eigenvalue weighted by atomic mass is 35.5. The summed E-state index contributed by atoms with van der Waals surface area (Å²) >= 11 is 5.67. The van der Waals surface area contributed by atoms with Crippen molar-refractivity contribution >= 4 is 21.4 Å². The Morgan fingerprint density at radius 1 is 1.31 bits per heavy atom. The molecule has 0 unspecified atom stereocenters. The minimum Gasteiger partial charge on any atom is -0.218 e. The summed E-state index contributed by atoms with van der Waals surface area (Å²) in [6.07, 6.45) is 0. The Morgan fingerprint density at radius 3 is 2.25 bits per heavy atom. The topological polar surface area (TPSA) is 57.9 Å². The van der Waals surface area contributed by atoms with Crippen LogP contribution in [0.1, 0.15) is 12.5 Å². The highest BCUT2D eigenvalue weighted by molar-refractivity contribution is 7.97. The maximum Gasteiger partial charge on any atom is 0.218 e. The van der Waals surface area contributed by atoms with E-state index >= 15 is 0 Å². The lowest BCUT2D eigenvalue weighted by atomic mass is 10.2. The van der Waals surface area contributed by atoms with E-state index in [9.17, 15) is 8.42 Å². The van der Waals surface area contributed by atoms with Crippen LogP contribution in [-0.2, 0) is 9.84 Å². The van der Waals surface area contributed by atoms with Crippen LogP contribution < -0.4 is 0 Å². The average Bonchev–Trinajstić information content (AvgIpc) is 2.27. The van der Waals surface area contributed by atoms with Gasteiger partial charge in [-0.1, -0.05) is 29.3 Å². The molecule has 0 aliphatic heterocycles. The second-order valence-electron chi connectivity index (χ2n) is 3.33. The number of aryl methyl sites for hydroxylation is 1. The summed E-state index contributed by atoms with van der Waals surface area (Å²) in [6.45, 7) is 3.22. The zero-order valence-corrected chi connectivity index (χ0v) is 10.4. The standard InChI is InChI=1S/C11H10ClNO2S/c1-8-3-5-10(6-4-8)16(14,15)11(12)9(2)7-13/h3-6H,1-2H3. The van der Waals surface area contributed by atoms with E-state index in [0.29, 0.717) is 0 Å². The first-order valence-electron chi connectivity index (χ1n) is 4.48. The van der Waals surface area contributed by atoms with Gasteiger partial charge < -0.3 is 0 Å². The van der Waals surface area contributed by atoms with Gasteiger partial charge in [0.05, 0.1) is 16.5 Å². The molecule has 1 aromatic rings. The first kappa shape index (κ1) is 12.8. The third kappa shape index (κ3) is 2.43. The van der Waals surface area contributed by atoms with Crippen LogP contribution in [0.25, 0.3) is 0 Å². The molecule has 0 saturated heterocycles. The summed E-state index contributed by atoms with van der Waals surface area (Å²) in [5.74, 6) is 0. The molecule has 0 aliphatic carbocycles. The van der Waals surface area contributed by atoms with Crippen molar-refractivity contribution in [2.75, 3.05) is 0 Å². The Balaban J connectivity index is 3.35. The molecule has 1 rings (SSSR count). The van der Waals surface area contributed by atoms with Gasteiger partial charge in [-0.25, -0.2) is 8.42 Å². The molecule has 0 amide bonds. The fourth-order valence-electron chi connectivity index (χ4n) is 1.07. The van der Waals surface area contributed by atoms with Crippen molar-refractivity contribution in [3.8, 4) is 6.07 Å². The zero-order valence-electron chi connectivity index (χ0n) is 8.86. The largest absolute Gasteiger partial charge is 0.218 e. The number of rotatable bonds is 2. The Labute approximate surface area is 99.9 Å². The number of hydrogen-bond donors (Lipinski definition) is 0. The number of hydrogen-bond acceptors (Lipinski definition) is 3. The SMILES string of the molecule is CC(C#N)=C(Cl)S(=O)(=O)c1ccc(C)cc1. The zero-order chi connectivity index (χ0) is 12.3. The normalized spacial score (nSPS) is 12.9. The van der Waals surface area contributed by atoms with Crippen molar-refractivity contribution < 1.29 is 8.42 Å². The van der Waals surface area contributed by atoms with Crippen LogP contribution in [0.3, 0.4) is 0 Å². The predicted octanol–water partition coefficient (Wildman–Crippen LogP) is 2.76. The van der Waals surface area contributed by atoms with Crippen LogP contribution in [0.15, 0.2) is 39.1 Å². The van der Waals surface area contributed by atoms with Crippen LogP contribution >= 0.6 is 11.6 Å². The maximum atomic E-state index is 11.9. The average molecular weight is 256 g/mol. The highest BCUT2D eigenvalue weighted by Gasteiger charge is 2.21. The Hall–Kier alpha value is -1.31. The molecule has 1 aromatic carbocycles. The molecule has 0 saturated carbocycles. The van der Waals surface area contributed by atoms with Crippen LogP contribution in [0.5, 0.6) is 0 Å². The van der Waals surface area contributed by atoms with E-state index in [2.05, 4.69) is 0 Å². The molecule has 0 radical (unpaired) electrons. The molecule has 5 heteroatoms. The van der Waals surface area contributed by atoms with Gasteiger partial charge in [-0.3, -0.25) is 0 Å². The highest BCUT2D eigenvalue weighted by Crippen LogP contribution is 2.25. The summed E-state index contributed by atoms with van der Waals surface area (Å²) < 4.78 is 23.4.